The van der Waals surface area contributed by atoms with Gasteiger partial charge in [-0.05, 0) is 129 Å². The minimum atomic E-state index is -0.549. The molecular weight excluding hydrogens is 1360 g/mol. The van der Waals surface area contributed by atoms with E-state index in [4.69, 9.17) is 68.7 Å². The maximum absolute atomic E-state index is 12.8. The van der Waals surface area contributed by atoms with E-state index in [-0.39, 0.29) is 41.6 Å². The zero-order chi connectivity index (χ0) is 72.9. The summed E-state index contributed by atoms with van der Waals surface area (Å²) in [5.74, 6) is 6.16. The van der Waals surface area contributed by atoms with Gasteiger partial charge in [-0.2, -0.15) is 38.7 Å². The number of anilines is 13. The molecule has 36 heteroatoms. The van der Waals surface area contributed by atoms with E-state index in [1.165, 1.54) is 25.8 Å². The van der Waals surface area contributed by atoms with E-state index in [0.717, 1.165) is 37.7 Å². The summed E-state index contributed by atoms with van der Waals surface area (Å²) in [7, 11) is 3.07. The van der Waals surface area contributed by atoms with Crippen molar-refractivity contribution < 1.29 is 38.0 Å². The Bertz CT molecular complexity index is 4810. The Morgan fingerprint density at radius 2 is 0.856 bits per heavy atom. The number of primary amides is 1. The van der Waals surface area contributed by atoms with E-state index in [1.807, 2.05) is 86.6 Å². The third-order valence-corrected chi connectivity index (χ3v) is 15.4. The average Bonchev–Trinajstić information content (AvgIpc) is 1.69. The Morgan fingerprint density at radius 1 is 0.462 bits per heavy atom. The van der Waals surface area contributed by atoms with Crippen LogP contribution in [-0.4, -0.2) is 176 Å². The van der Waals surface area contributed by atoms with Crippen LogP contribution in [0.2, 0.25) is 5.02 Å². The molecule has 8 aromatic heterocycles. The van der Waals surface area contributed by atoms with Gasteiger partial charge in [0.2, 0.25) is 53.5 Å². The van der Waals surface area contributed by atoms with E-state index in [0.29, 0.717) is 131 Å². The van der Waals surface area contributed by atoms with Gasteiger partial charge in [0.1, 0.15) is 23.0 Å². The number of hydrogen-bond acceptors (Lipinski definition) is 29. The molecule has 0 atom stereocenters. The Hall–Kier alpha value is -13.4. The number of halogens is 1. The number of rotatable bonds is 21. The zero-order valence-corrected chi connectivity index (χ0v) is 57.6. The minimum Gasteiger partial charge on any atom is -0.495 e. The Morgan fingerprint density at radius 3 is 1.25 bits per heavy atom. The van der Waals surface area contributed by atoms with Crippen LogP contribution < -0.4 is 73.8 Å². The fourth-order valence-corrected chi connectivity index (χ4v) is 10.4. The maximum atomic E-state index is 12.8. The summed E-state index contributed by atoms with van der Waals surface area (Å²) < 4.78 is 38.3. The Labute approximate surface area is 600 Å². The van der Waals surface area contributed by atoms with Gasteiger partial charge in [-0.3, -0.25) is 9.59 Å². The van der Waals surface area contributed by atoms with Crippen molar-refractivity contribution in [3.8, 4) is 46.3 Å². The van der Waals surface area contributed by atoms with Crippen molar-refractivity contribution in [1.29, 1.82) is 0 Å². The summed E-state index contributed by atoms with van der Waals surface area (Å²) in [5.41, 5.74) is 33.4. The van der Waals surface area contributed by atoms with Crippen molar-refractivity contribution in [2.24, 2.45) is 5.73 Å². The van der Waals surface area contributed by atoms with Gasteiger partial charge >= 0.3 is 0 Å². The molecule has 2 fully saturated rings. The van der Waals surface area contributed by atoms with Gasteiger partial charge in [0.15, 0.2) is 23.3 Å². The second-order valence-electron chi connectivity index (χ2n) is 22.0. The van der Waals surface area contributed by atoms with Crippen LogP contribution in [-0.2, 0) is 9.47 Å². The first-order chi connectivity index (χ1) is 50.6. The highest BCUT2D eigenvalue weighted by atomic mass is 35.5. The highest BCUT2D eigenvalue weighted by Gasteiger charge is 2.23. The predicted molar refractivity (Wildman–Crippen MR) is 392 cm³/mol. The zero-order valence-electron chi connectivity index (χ0n) is 56.8. The molecule has 2 amide bonds. The molecule has 0 spiro atoms. The summed E-state index contributed by atoms with van der Waals surface area (Å²) >= 11 is 6.44. The molecule has 0 saturated carbocycles. The minimum absolute atomic E-state index is 0.0644. The summed E-state index contributed by atoms with van der Waals surface area (Å²) in [6.07, 6.45) is 6.61. The Kier molecular flexibility index (Phi) is 23.9. The standard InChI is InChI=1S/C19H21N7O3.C17H18ClN7O.C17H20N6O2.C15H15N7O2/c1-28-15-6-5-13(17(27)25-8-10-29-11-9-25)12-14(15)22-19-23-18(20)26(24-19)16-4-2-3-7-21-16;18-13-11-12(24-7-9-26-10-8-24)4-5-14(13)21-17-22-16(19)25(23-17)15-3-1-2-6-20-15;1-3-24-12-8-9-14(25-4-2)13(11-12)20-17-21-16(18)23(22-17)15-7-5-6-10-19-15;1-24-11-6-5-9(13(16)23)8-10(11)19-15-20-14(17)22(21-15)12-4-2-3-7-18-12/h2-7,12H,8-11H2,1H3,(H3,20,22,23,24);1-6,11H,7-10H2,(H3,19,21,22,23);5-11H,3-4H2,1-2H3,(H3,18,20,21,22);2-8H,1H3,(H2,16,23)(H3,17,19,20,21). The van der Waals surface area contributed by atoms with Gasteiger partial charge in [-0.25, -0.2) is 19.9 Å². The van der Waals surface area contributed by atoms with E-state index >= 15 is 0 Å². The maximum Gasteiger partial charge on any atom is 0.254 e. The molecular formula is C68H74ClN27O8. The van der Waals surface area contributed by atoms with Crippen LogP contribution in [0.4, 0.5) is 76.0 Å². The average molecular weight is 1430 g/mol. The van der Waals surface area contributed by atoms with E-state index in [2.05, 4.69) is 86.4 Å². The van der Waals surface area contributed by atoms with Gasteiger partial charge in [-0.15, -0.1) is 20.4 Å². The number of benzene rings is 4. The number of nitrogens with two attached hydrogens (primary N) is 5. The number of nitrogens with zero attached hydrogens (tertiary/aromatic N) is 18. The van der Waals surface area contributed by atoms with Crippen molar-refractivity contribution in [2.45, 2.75) is 13.8 Å². The van der Waals surface area contributed by atoms with Crippen molar-refractivity contribution in [1.82, 2.24) is 83.9 Å². The van der Waals surface area contributed by atoms with Crippen molar-refractivity contribution in [2.75, 3.05) is 129 Å². The lowest BCUT2D eigenvalue weighted by Crippen LogP contribution is -2.40. The lowest BCUT2D eigenvalue weighted by molar-refractivity contribution is 0.0303. The topological polar surface area (TPSA) is 449 Å². The molecule has 10 heterocycles. The van der Waals surface area contributed by atoms with Crippen LogP contribution in [0, 0.1) is 0 Å². The van der Waals surface area contributed by atoms with E-state index in [1.54, 1.807) is 110 Å². The Balaban J connectivity index is 0.000000139. The number of ether oxygens (including phenoxy) is 6. The lowest BCUT2D eigenvalue weighted by atomic mass is 10.1. The van der Waals surface area contributed by atoms with Crippen molar-refractivity contribution >= 4 is 99.4 Å². The summed E-state index contributed by atoms with van der Waals surface area (Å²) in [6, 6.07) is 43.1. The molecule has 12 aromatic rings. The van der Waals surface area contributed by atoms with Crippen LogP contribution in [0.15, 0.2) is 170 Å². The number of nitrogen functional groups attached to an aromatic ring is 4. The quantitative estimate of drug-likeness (QED) is 0.0331. The van der Waals surface area contributed by atoms with Crippen LogP contribution in [0.25, 0.3) is 23.3 Å². The monoisotopic (exact) mass is 1430 g/mol. The van der Waals surface area contributed by atoms with Gasteiger partial charge < -0.3 is 88.2 Å². The lowest BCUT2D eigenvalue weighted by Gasteiger charge is -2.29. The molecule has 0 radical (unpaired) electrons. The molecule has 14 rings (SSSR count). The first-order valence-electron chi connectivity index (χ1n) is 32.3. The van der Waals surface area contributed by atoms with Gasteiger partial charge in [-0.1, -0.05) is 35.9 Å². The number of methoxy groups -OCH3 is 2. The third-order valence-electron chi connectivity index (χ3n) is 15.1. The van der Waals surface area contributed by atoms with Crippen LogP contribution in [0.5, 0.6) is 23.0 Å². The summed E-state index contributed by atoms with van der Waals surface area (Å²) in [4.78, 5) is 61.8. The number of morpholine rings is 2. The summed E-state index contributed by atoms with van der Waals surface area (Å²) in [6.45, 7) is 10.4. The molecule has 2 saturated heterocycles. The number of aromatic nitrogens is 16. The SMILES string of the molecule is CCOc1ccc(OCC)c(Nc2nc(N)n(-c3ccccn3)n2)c1.COc1ccc(C(=O)N2CCOCC2)cc1Nc1nc(N)n(-c2ccccn2)n1.COc1ccc(C(N)=O)cc1Nc1nc(N)n(-c2ccccn2)n1.Nc1nc(Nc2ccc(N3CCOCC3)cc2Cl)nn1-c1ccccn1. The number of pyridine rings is 4. The molecule has 0 aliphatic carbocycles. The molecule has 4 aromatic carbocycles. The largest absolute Gasteiger partial charge is 0.495 e. The van der Waals surface area contributed by atoms with E-state index in [9.17, 15) is 9.59 Å². The number of carbonyl (C=O) groups is 2. The number of carbonyl (C=O) groups excluding carboxylic acids is 2. The molecule has 2 aliphatic heterocycles. The number of nitrogens with one attached hydrogen (secondary N) is 4. The smallest absolute Gasteiger partial charge is 0.254 e. The predicted octanol–water partition coefficient (Wildman–Crippen LogP) is 7.83. The highest BCUT2D eigenvalue weighted by Crippen LogP contribution is 2.34. The molecule has 0 unspecified atom stereocenters. The fourth-order valence-electron chi connectivity index (χ4n) is 10.2. The first kappa shape index (κ1) is 71.9. The molecule has 0 bridgehead atoms. The molecule has 14 N–H and O–H groups in total. The van der Waals surface area contributed by atoms with Crippen molar-refractivity contribution in [3.63, 3.8) is 0 Å². The number of hydrogen-bond donors (Lipinski definition) is 9. The second kappa shape index (κ2) is 34.6. The molecule has 35 nitrogen and oxygen atoms in total. The molecule has 536 valence electrons. The second-order valence-corrected chi connectivity index (χ2v) is 22.4. The van der Waals surface area contributed by atoms with Crippen LogP contribution in [0.1, 0.15) is 34.6 Å². The first-order valence-corrected chi connectivity index (χ1v) is 32.7. The number of amides is 2. The summed E-state index contributed by atoms with van der Waals surface area (Å²) in [5, 5.41) is 30.2. The van der Waals surface area contributed by atoms with E-state index < -0.39 is 5.91 Å². The van der Waals surface area contributed by atoms with Crippen LogP contribution in [0.3, 0.4) is 0 Å². The van der Waals surface area contributed by atoms with Gasteiger partial charge in [0.05, 0.1) is 81.6 Å². The highest BCUT2D eigenvalue weighted by molar-refractivity contribution is 6.33. The van der Waals surface area contributed by atoms with Gasteiger partial charge in [0, 0.05) is 73.8 Å². The fraction of sp³-hybridized carbons (Fsp3) is 0.206. The van der Waals surface area contributed by atoms with Crippen molar-refractivity contribution in [3.05, 3.63) is 187 Å². The van der Waals surface area contributed by atoms with Gasteiger partial charge in [0.25, 0.3) is 5.91 Å². The molecule has 2 aliphatic rings. The molecule has 104 heavy (non-hydrogen) atoms. The normalized spacial score (nSPS) is 12.4. The van der Waals surface area contributed by atoms with Crippen LogP contribution >= 0.6 is 11.6 Å². The third kappa shape index (κ3) is 18.3.